The predicted molar refractivity (Wildman–Crippen MR) is 142 cm³/mol. The highest BCUT2D eigenvalue weighted by atomic mass is 35.5. The van der Waals surface area contributed by atoms with Crippen LogP contribution < -0.4 is 16.1 Å². The summed E-state index contributed by atoms with van der Waals surface area (Å²) in [6, 6.07) is 20.2. The molecule has 0 saturated heterocycles. The Bertz CT molecular complexity index is 1640. The second-order valence-electron chi connectivity index (χ2n) is 8.80. The molecule has 9 heteroatoms. The van der Waals surface area contributed by atoms with Gasteiger partial charge < -0.3 is 24.7 Å². The largest absolute Gasteiger partial charge is 0.443 e. The number of aromatic nitrogens is 2. The number of aliphatic hydroxyl groups is 1. The number of nitrogens with zero attached hydrogens (tertiary/aromatic N) is 2. The number of hydrogen-bond donors (Lipinski definition) is 3. The van der Waals surface area contributed by atoms with E-state index in [0.717, 1.165) is 16.5 Å². The van der Waals surface area contributed by atoms with Crippen LogP contribution in [0.3, 0.4) is 0 Å². The minimum absolute atomic E-state index is 0.0297. The Morgan fingerprint density at radius 1 is 1.11 bits per heavy atom. The minimum atomic E-state index is -0.809. The summed E-state index contributed by atoms with van der Waals surface area (Å²) in [7, 11) is 1.72. The average molecular weight is 517 g/mol. The number of rotatable bonds is 8. The van der Waals surface area contributed by atoms with Gasteiger partial charge in [-0.3, -0.25) is 14.6 Å². The molecule has 1 unspecified atom stereocenters. The molecule has 1 atom stereocenters. The Hall–Kier alpha value is -3.98. The summed E-state index contributed by atoms with van der Waals surface area (Å²) in [5.41, 5.74) is 2.25. The quantitative estimate of drug-likeness (QED) is 0.287. The van der Waals surface area contributed by atoms with Crippen molar-refractivity contribution in [1.29, 1.82) is 0 Å². The third-order valence-electron chi connectivity index (χ3n) is 6.11. The average Bonchev–Trinajstić information content (AvgIpc) is 3.35. The van der Waals surface area contributed by atoms with Crippen LogP contribution in [0.1, 0.15) is 33.5 Å². The van der Waals surface area contributed by atoms with Crippen molar-refractivity contribution in [2.75, 3.05) is 6.54 Å². The molecule has 3 aromatic heterocycles. The number of furan rings is 1. The van der Waals surface area contributed by atoms with Gasteiger partial charge in [0.1, 0.15) is 17.4 Å². The topological polar surface area (TPSA) is 109 Å². The highest BCUT2D eigenvalue weighted by Crippen LogP contribution is 2.19. The first kappa shape index (κ1) is 24.7. The molecule has 8 nitrogen and oxygen atoms in total. The smallest absolute Gasteiger partial charge is 0.257 e. The second-order valence-corrected chi connectivity index (χ2v) is 9.24. The molecule has 37 heavy (non-hydrogen) atoms. The molecule has 0 radical (unpaired) electrons. The summed E-state index contributed by atoms with van der Waals surface area (Å²) in [4.78, 5) is 30.3. The summed E-state index contributed by atoms with van der Waals surface area (Å²) in [5, 5.41) is 18.4. The lowest BCUT2D eigenvalue weighted by Crippen LogP contribution is -2.29. The molecule has 0 aliphatic carbocycles. The van der Waals surface area contributed by atoms with Crippen LogP contribution in [0, 0.1) is 0 Å². The maximum Gasteiger partial charge on any atom is 0.257 e. The molecule has 0 aliphatic rings. The SMILES string of the molecule is Cn1cc(C(=O)NCc2ccc(Cl)cc2)c(=O)c2cc(CNCC(O)c3ccc4ccccc4n3)oc21. The van der Waals surface area contributed by atoms with Crippen LogP contribution in [0.4, 0.5) is 0 Å². The molecule has 0 fully saturated rings. The summed E-state index contributed by atoms with van der Waals surface area (Å²) in [6.07, 6.45) is 0.661. The summed E-state index contributed by atoms with van der Waals surface area (Å²) < 4.78 is 7.48. The second kappa shape index (κ2) is 10.6. The van der Waals surface area contributed by atoms with Crippen LogP contribution in [0.2, 0.25) is 5.02 Å². The minimum Gasteiger partial charge on any atom is -0.443 e. The van der Waals surface area contributed by atoms with Crippen molar-refractivity contribution in [3.63, 3.8) is 0 Å². The van der Waals surface area contributed by atoms with Crippen LogP contribution in [0.5, 0.6) is 0 Å². The van der Waals surface area contributed by atoms with Crippen molar-refractivity contribution in [3.8, 4) is 0 Å². The van der Waals surface area contributed by atoms with Crippen molar-refractivity contribution >= 4 is 39.5 Å². The Kier molecular flexibility index (Phi) is 7.05. The molecule has 0 aliphatic heterocycles. The van der Waals surface area contributed by atoms with Gasteiger partial charge in [-0.2, -0.15) is 0 Å². The number of carbonyl (C=O) groups excluding carboxylic acids is 1. The standard InChI is InChI=1S/C28H25ClN4O4/c1-33-16-22(27(36)31-13-17-6-9-19(29)10-7-17)26(35)21-12-20(37-28(21)33)14-30-15-25(34)24-11-8-18-4-2-3-5-23(18)32-24/h2-12,16,25,30,34H,13-15H2,1H3,(H,31,36). The van der Waals surface area contributed by atoms with Crippen LogP contribution in [0.15, 0.2) is 82.1 Å². The predicted octanol–water partition coefficient (Wildman–Crippen LogP) is 4.09. The van der Waals surface area contributed by atoms with Gasteiger partial charge >= 0.3 is 0 Å². The number of hydrogen-bond acceptors (Lipinski definition) is 6. The van der Waals surface area contributed by atoms with Gasteiger partial charge in [-0.25, -0.2) is 0 Å². The lowest BCUT2D eigenvalue weighted by molar-refractivity contribution is 0.0949. The van der Waals surface area contributed by atoms with E-state index < -0.39 is 17.4 Å². The van der Waals surface area contributed by atoms with Gasteiger partial charge in [0.15, 0.2) is 0 Å². The van der Waals surface area contributed by atoms with Gasteiger partial charge in [0.2, 0.25) is 11.1 Å². The third-order valence-corrected chi connectivity index (χ3v) is 6.36. The maximum absolute atomic E-state index is 13.0. The van der Waals surface area contributed by atoms with Gasteiger partial charge in [0.05, 0.1) is 23.1 Å². The monoisotopic (exact) mass is 516 g/mol. The lowest BCUT2D eigenvalue weighted by Gasteiger charge is -2.11. The number of aliphatic hydroxyl groups excluding tert-OH is 1. The number of fused-ring (bicyclic) bond motifs is 2. The van der Waals surface area contributed by atoms with Gasteiger partial charge in [-0.05, 0) is 35.9 Å². The molecule has 188 valence electrons. The molecule has 0 spiro atoms. The van der Waals surface area contributed by atoms with E-state index in [1.54, 1.807) is 35.9 Å². The first-order chi connectivity index (χ1) is 17.9. The Balaban J connectivity index is 1.25. The number of halogens is 1. The fourth-order valence-corrected chi connectivity index (χ4v) is 4.27. The number of carbonyl (C=O) groups is 1. The first-order valence-electron chi connectivity index (χ1n) is 11.8. The molecule has 5 aromatic rings. The molecular weight excluding hydrogens is 492 g/mol. The number of para-hydroxylation sites is 1. The molecule has 3 N–H and O–H groups in total. The van der Waals surface area contributed by atoms with Crippen molar-refractivity contribution in [1.82, 2.24) is 20.2 Å². The van der Waals surface area contributed by atoms with Crippen molar-refractivity contribution in [2.45, 2.75) is 19.2 Å². The van der Waals surface area contributed by atoms with E-state index in [-0.39, 0.29) is 25.2 Å². The van der Waals surface area contributed by atoms with Crippen LogP contribution in [-0.4, -0.2) is 27.1 Å². The van der Waals surface area contributed by atoms with Crippen molar-refractivity contribution in [3.05, 3.63) is 111 Å². The zero-order valence-corrected chi connectivity index (χ0v) is 20.8. The van der Waals surface area contributed by atoms with Crippen LogP contribution in [-0.2, 0) is 20.1 Å². The number of amides is 1. The Labute approximate surface area is 217 Å². The first-order valence-corrected chi connectivity index (χ1v) is 12.2. The van der Waals surface area contributed by atoms with Gasteiger partial charge in [0.25, 0.3) is 5.91 Å². The molecule has 0 saturated carbocycles. The number of nitrogens with one attached hydrogen (secondary N) is 2. The van der Waals surface area contributed by atoms with E-state index in [1.807, 2.05) is 42.5 Å². The molecule has 5 rings (SSSR count). The summed E-state index contributed by atoms with van der Waals surface area (Å²) in [6.45, 7) is 0.806. The van der Waals surface area contributed by atoms with E-state index >= 15 is 0 Å². The van der Waals surface area contributed by atoms with Crippen molar-refractivity contribution in [2.24, 2.45) is 7.05 Å². The fourth-order valence-electron chi connectivity index (χ4n) is 4.14. The van der Waals surface area contributed by atoms with Crippen molar-refractivity contribution < 1.29 is 14.3 Å². The summed E-state index contributed by atoms with van der Waals surface area (Å²) in [5.74, 6) is 0.0458. The number of pyridine rings is 2. The third kappa shape index (κ3) is 5.41. The zero-order valence-electron chi connectivity index (χ0n) is 20.1. The number of benzene rings is 2. The molecule has 1 amide bonds. The highest BCUT2D eigenvalue weighted by Gasteiger charge is 2.18. The van der Waals surface area contributed by atoms with E-state index in [1.165, 1.54) is 6.20 Å². The van der Waals surface area contributed by atoms with Crippen LogP contribution >= 0.6 is 11.6 Å². The Morgan fingerprint density at radius 2 is 1.89 bits per heavy atom. The molecule has 0 bridgehead atoms. The maximum atomic E-state index is 13.0. The van der Waals surface area contributed by atoms with E-state index in [0.29, 0.717) is 27.6 Å². The van der Waals surface area contributed by atoms with Gasteiger partial charge in [-0.1, -0.05) is 48.0 Å². The van der Waals surface area contributed by atoms with Gasteiger partial charge in [-0.15, -0.1) is 0 Å². The zero-order chi connectivity index (χ0) is 25.9. The van der Waals surface area contributed by atoms with Crippen LogP contribution in [0.25, 0.3) is 22.0 Å². The molecular formula is C28H25ClN4O4. The van der Waals surface area contributed by atoms with E-state index in [2.05, 4.69) is 15.6 Å². The lowest BCUT2D eigenvalue weighted by atomic mass is 10.1. The Morgan fingerprint density at radius 3 is 2.70 bits per heavy atom. The molecule has 3 heterocycles. The summed E-state index contributed by atoms with van der Waals surface area (Å²) >= 11 is 5.90. The molecule has 2 aromatic carbocycles. The highest BCUT2D eigenvalue weighted by molar-refractivity contribution is 6.30. The van der Waals surface area contributed by atoms with E-state index in [4.69, 9.17) is 16.0 Å². The van der Waals surface area contributed by atoms with Gasteiger partial charge in [0, 0.05) is 36.7 Å². The van der Waals surface area contributed by atoms with E-state index in [9.17, 15) is 14.7 Å². The normalized spacial score (nSPS) is 12.2. The fraction of sp³-hybridized carbons (Fsp3) is 0.179. The number of aryl methyl sites for hydroxylation is 1.